The third-order valence-electron chi connectivity index (χ3n) is 2.84. The maximum absolute atomic E-state index is 11.8. The quantitative estimate of drug-likeness (QED) is 0.641. The summed E-state index contributed by atoms with van der Waals surface area (Å²) in [6.45, 7) is 15.3. The van der Waals surface area contributed by atoms with Gasteiger partial charge in [0.15, 0.2) is 0 Å². The van der Waals surface area contributed by atoms with E-state index in [2.05, 4.69) is 34.6 Å². The van der Waals surface area contributed by atoms with Gasteiger partial charge in [0.25, 0.3) is 0 Å². The molecule has 1 unspecified atom stereocenters. The fourth-order valence-electron chi connectivity index (χ4n) is 2.29. The average molecular weight is 226 g/mol. The topological polar surface area (TPSA) is 17.1 Å². The van der Waals surface area contributed by atoms with Crippen LogP contribution >= 0.6 is 0 Å². The largest absolute Gasteiger partial charge is 0.299 e. The van der Waals surface area contributed by atoms with E-state index in [4.69, 9.17) is 0 Å². The molecule has 0 spiro atoms. The molecule has 0 aromatic heterocycles. The second-order valence-electron chi connectivity index (χ2n) is 7.09. The summed E-state index contributed by atoms with van der Waals surface area (Å²) in [5, 5.41) is 0. The van der Waals surface area contributed by atoms with Gasteiger partial charge >= 0.3 is 0 Å². The van der Waals surface area contributed by atoms with Gasteiger partial charge in [-0.05, 0) is 30.1 Å². The molecule has 0 rings (SSSR count). The zero-order valence-electron chi connectivity index (χ0n) is 12.3. The van der Waals surface area contributed by atoms with Crippen LogP contribution in [-0.4, -0.2) is 5.78 Å². The standard InChI is InChI=1S/C15H30O/c1-11(2)8-13(10-15(5,6)7)9-14(16)12(3)4/h11-13H,8-10H2,1-7H3. The highest BCUT2D eigenvalue weighted by Gasteiger charge is 2.22. The lowest BCUT2D eigenvalue weighted by molar-refractivity contribution is -0.123. The highest BCUT2D eigenvalue weighted by atomic mass is 16.1. The van der Waals surface area contributed by atoms with Crippen molar-refractivity contribution in [2.24, 2.45) is 23.2 Å². The number of rotatable bonds is 6. The van der Waals surface area contributed by atoms with E-state index >= 15 is 0 Å². The molecule has 0 aliphatic carbocycles. The SMILES string of the molecule is CC(C)CC(CC(=O)C(C)C)CC(C)(C)C. The minimum absolute atomic E-state index is 0.189. The van der Waals surface area contributed by atoms with E-state index in [1.54, 1.807) is 0 Å². The summed E-state index contributed by atoms with van der Waals surface area (Å²) in [7, 11) is 0. The van der Waals surface area contributed by atoms with Crippen molar-refractivity contribution in [1.82, 2.24) is 0 Å². The van der Waals surface area contributed by atoms with E-state index in [0.717, 1.165) is 12.8 Å². The van der Waals surface area contributed by atoms with Crippen LogP contribution in [0, 0.1) is 23.2 Å². The minimum atomic E-state index is 0.189. The van der Waals surface area contributed by atoms with Crippen molar-refractivity contribution in [3.05, 3.63) is 0 Å². The molecule has 0 amide bonds. The Kier molecular flexibility index (Phi) is 6.28. The molecule has 1 nitrogen and oxygen atoms in total. The van der Waals surface area contributed by atoms with E-state index in [-0.39, 0.29) is 5.92 Å². The van der Waals surface area contributed by atoms with Crippen molar-refractivity contribution >= 4 is 5.78 Å². The normalized spacial score (nSPS) is 14.6. The molecule has 0 saturated heterocycles. The molecule has 96 valence electrons. The van der Waals surface area contributed by atoms with Gasteiger partial charge in [-0.1, -0.05) is 48.5 Å². The van der Waals surface area contributed by atoms with Crippen molar-refractivity contribution in [1.29, 1.82) is 0 Å². The summed E-state index contributed by atoms with van der Waals surface area (Å²) < 4.78 is 0. The zero-order valence-corrected chi connectivity index (χ0v) is 12.3. The third kappa shape index (κ3) is 7.90. The van der Waals surface area contributed by atoms with Gasteiger partial charge in [-0.25, -0.2) is 0 Å². The number of ketones is 1. The van der Waals surface area contributed by atoms with Gasteiger partial charge in [-0.15, -0.1) is 0 Å². The molecule has 0 N–H and O–H groups in total. The lowest BCUT2D eigenvalue weighted by atomic mass is 9.78. The summed E-state index contributed by atoms with van der Waals surface area (Å²) in [5.74, 6) is 1.87. The van der Waals surface area contributed by atoms with E-state index < -0.39 is 0 Å². The summed E-state index contributed by atoms with van der Waals surface area (Å²) in [6.07, 6.45) is 3.10. The molecular formula is C15H30O. The first kappa shape index (κ1) is 15.7. The van der Waals surface area contributed by atoms with Crippen LogP contribution in [-0.2, 0) is 4.79 Å². The Hall–Kier alpha value is -0.330. The highest BCUT2D eigenvalue weighted by molar-refractivity contribution is 5.80. The molecule has 0 aromatic carbocycles. The van der Waals surface area contributed by atoms with Gasteiger partial charge in [0.1, 0.15) is 5.78 Å². The van der Waals surface area contributed by atoms with Crippen LogP contribution in [0.5, 0.6) is 0 Å². The van der Waals surface area contributed by atoms with E-state index in [0.29, 0.717) is 23.0 Å². The van der Waals surface area contributed by atoms with Gasteiger partial charge in [0.05, 0.1) is 0 Å². The maximum Gasteiger partial charge on any atom is 0.135 e. The Morgan fingerprint density at radius 1 is 1.06 bits per heavy atom. The van der Waals surface area contributed by atoms with Crippen molar-refractivity contribution in [3.8, 4) is 0 Å². The second kappa shape index (κ2) is 6.42. The Morgan fingerprint density at radius 3 is 1.88 bits per heavy atom. The number of hydrogen-bond acceptors (Lipinski definition) is 1. The van der Waals surface area contributed by atoms with Crippen molar-refractivity contribution in [2.75, 3.05) is 0 Å². The monoisotopic (exact) mass is 226 g/mol. The molecular weight excluding hydrogens is 196 g/mol. The van der Waals surface area contributed by atoms with Gasteiger partial charge in [-0.3, -0.25) is 4.79 Å². The summed E-state index contributed by atoms with van der Waals surface area (Å²) in [5.41, 5.74) is 0.330. The van der Waals surface area contributed by atoms with Gasteiger partial charge in [0, 0.05) is 12.3 Å². The molecule has 0 aliphatic rings. The molecule has 0 aromatic rings. The number of carbonyl (C=O) groups excluding carboxylic acids is 1. The second-order valence-corrected chi connectivity index (χ2v) is 7.09. The van der Waals surface area contributed by atoms with Gasteiger partial charge in [0.2, 0.25) is 0 Å². The van der Waals surface area contributed by atoms with Crippen LogP contribution in [0.2, 0.25) is 0 Å². The van der Waals surface area contributed by atoms with E-state index in [9.17, 15) is 4.79 Å². The first-order chi connectivity index (χ1) is 7.11. The van der Waals surface area contributed by atoms with E-state index in [1.165, 1.54) is 6.42 Å². The number of Topliss-reactive ketones (excluding diaryl/α,β-unsaturated/α-hetero) is 1. The van der Waals surface area contributed by atoms with Crippen LogP contribution in [0.25, 0.3) is 0 Å². The summed E-state index contributed by atoms with van der Waals surface area (Å²) in [6, 6.07) is 0. The molecule has 0 saturated carbocycles. The fourth-order valence-corrected chi connectivity index (χ4v) is 2.29. The molecule has 0 fully saturated rings. The molecule has 16 heavy (non-hydrogen) atoms. The number of carbonyl (C=O) groups is 1. The molecule has 0 heterocycles. The Labute approximate surface area is 102 Å². The average Bonchev–Trinajstić information content (AvgIpc) is 1.98. The van der Waals surface area contributed by atoms with Crippen LogP contribution in [0.3, 0.4) is 0 Å². The minimum Gasteiger partial charge on any atom is -0.299 e. The molecule has 0 aliphatic heterocycles. The predicted molar refractivity (Wildman–Crippen MR) is 71.5 cm³/mol. The van der Waals surface area contributed by atoms with Crippen LogP contribution in [0.4, 0.5) is 0 Å². The van der Waals surface area contributed by atoms with Crippen LogP contribution < -0.4 is 0 Å². The Bertz CT molecular complexity index is 208. The van der Waals surface area contributed by atoms with Gasteiger partial charge in [-0.2, -0.15) is 0 Å². The van der Waals surface area contributed by atoms with Crippen LogP contribution in [0.15, 0.2) is 0 Å². The number of hydrogen-bond donors (Lipinski definition) is 0. The summed E-state index contributed by atoms with van der Waals surface area (Å²) in [4.78, 5) is 11.8. The Morgan fingerprint density at radius 2 is 1.56 bits per heavy atom. The summed E-state index contributed by atoms with van der Waals surface area (Å²) >= 11 is 0. The fraction of sp³-hybridized carbons (Fsp3) is 0.933. The van der Waals surface area contributed by atoms with Crippen molar-refractivity contribution < 1.29 is 4.79 Å². The zero-order chi connectivity index (χ0) is 12.9. The first-order valence-electron chi connectivity index (χ1n) is 6.64. The molecule has 0 bridgehead atoms. The lowest BCUT2D eigenvalue weighted by Crippen LogP contribution is -2.20. The highest BCUT2D eigenvalue weighted by Crippen LogP contribution is 2.31. The van der Waals surface area contributed by atoms with Crippen molar-refractivity contribution in [2.45, 2.75) is 67.7 Å². The predicted octanol–water partition coefficient (Wildman–Crippen LogP) is 4.70. The van der Waals surface area contributed by atoms with Gasteiger partial charge < -0.3 is 0 Å². The molecule has 0 radical (unpaired) electrons. The van der Waals surface area contributed by atoms with Crippen molar-refractivity contribution in [3.63, 3.8) is 0 Å². The molecule has 1 heteroatoms. The molecule has 1 atom stereocenters. The first-order valence-corrected chi connectivity index (χ1v) is 6.64. The van der Waals surface area contributed by atoms with E-state index in [1.807, 2.05) is 13.8 Å². The smallest absolute Gasteiger partial charge is 0.135 e. The Balaban J connectivity index is 4.38. The van der Waals surface area contributed by atoms with Crippen LogP contribution in [0.1, 0.15) is 67.7 Å². The maximum atomic E-state index is 11.8. The third-order valence-corrected chi connectivity index (χ3v) is 2.84. The lowest BCUT2D eigenvalue weighted by Gasteiger charge is -2.27.